The molecule has 2 aromatic rings. The predicted octanol–water partition coefficient (Wildman–Crippen LogP) is 4.13. The number of hydrogen-bond acceptors (Lipinski definition) is 6. The predicted molar refractivity (Wildman–Crippen MR) is 112 cm³/mol. The maximum atomic E-state index is 13.3. The van der Waals surface area contributed by atoms with E-state index in [1.165, 1.54) is 18.2 Å². The number of rotatable bonds is 7. The summed E-state index contributed by atoms with van der Waals surface area (Å²) in [5, 5.41) is 3.40. The van der Waals surface area contributed by atoms with Crippen LogP contribution in [-0.4, -0.2) is 42.8 Å². The Hall–Kier alpha value is -2.35. The zero-order chi connectivity index (χ0) is 20.9. The summed E-state index contributed by atoms with van der Waals surface area (Å²) in [6, 6.07) is 5.84. The fourth-order valence-electron chi connectivity index (χ4n) is 3.63. The molecule has 0 spiro atoms. The molecule has 1 fully saturated rings. The number of Topliss-reactive ketones (excluding diaryl/α,β-unsaturated/α-hetero) is 1. The lowest BCUT2D eigenvalue weighted by Gasteiger charge is -2.22. The molecule has 1 N–H and O–H groups in total. The lowest BCUT2D eigenvalue weighted by molar-refractivity contribution is 0.0547. The molecule has 0 amide bonds. The molecule has 1 atom stereocenters. The lowest BCUT2D eigenvalue weighted by atomic mass is 9.99. The van der Waals surface area contributed by atoms with Crippen LogP contribution < -0.4 is 10.1 Å². The van der Waals surface area contributed by atoms with Crippen molar-refractivity contribution in [2.45, 2.75) is 25.8 Å². The van der Waals surface area contributed by atoms with E-state index >= 15 is 0 Å². The summed E-state index contributed by atoms with van der Waals surface area (Å²) in [7, 11) is 0. The fourth-order valence-corrected chi connectivity index (χ4v) is 3.80. The Morgan fingerprint density at radius 1 is 1.33 bits per heavy atom. The number of carbonyl (C=O) groups excluding carboxylic acids is 1. The van der Waals surface area contributed by atoms with Crippen LogP contribution in [0.5, 0.6) is 5.75 Å². The summed E-state index contributed by atoms with van der Waals surface area (Å²) >= 11 is 5.79. The van der Waals surface area contributed by atoms with Crippen molar-refractivity contribution >= 4 is 28.8 Å². The van der Waals surface area contributed by atoms with Crippen LogP contribution in [0.4, 0.5) is 10.1 Å². The van der Waals surface area contributed by atoms with Crippen LogP contribution in [0.3, 0.4) is 0 Å². The Morgan fingerprint density at radius 3 is 3.03 bits per heavy atom. The molecule has 158 valence electrons. The van der Waals surface area contributed by atoms with Gasteiger partial charge in [0.05, 0.1) is 35.1 Å². The largest absolute Gasteiger partial charge is 0.488 e. The first kappa shape index (κ1) is 20.9. The molecule has 30 heavy (non-hydrogen) atoms. The second-order valence-electron chi connectivity index (χ2n) is 7.51. The molecule has 1 aromatic heterocycles. The first-order valence-corrected chi connectivity index (χ1v) is 10.4. The topological polar surface area (TPSA) is 72.8 Å². The number of fused-ring (bicyclic) bond motifs is 1. The van der Waals surface area contributed by atoms with Crippen molar-refractivity contribution < 1.29 is 18.7 Å². The molecule has 1 unspecified atom stereocenters. The standard InChI is InChI=1S/C22H23ClFN3O3/c23-18-9-16(3-4-19(18)24)30-13-15-8-21(28)17-5-6-26-20(22(17)27-15)11-25-10-14-2-1-7-29-12-14/h3-6,9,14,25H,1-2,7-8,10-13H2. The van der Waals surface area contributed by atoms with Gasteiger partial charge in [0.2, 0.25) is 0 Å². The molecule has 0 bridgehead atoms. The molecular formula is C22H23ClFN3O3. The Kier molecular flexibility index (Phi) is 6.72. The van der Waals surface area contributed by atoms with Gasteiger partial charge in [-0.1, -0.05) is 11.6 Å². The van der Waals surface area contributed by atoms with Crippen LogP contribution in [0.1, 0.15) is 35.3 Å². The molecule has 2 aliphatic heterocycles. The van der Waals surface area contributed by atoms with Crippen LogP contribution in [0.2, 0.25) is 5.02 Å². The van der Waals surface area contributed by atoms with Gasteiger partial charge in [0.1, 0.15) is 18.2 Å². The van der Waals surface area contributed by atoms with E-state index in [4.69, 9.17) is 21.1 Å². The zero-order valence-electron chi connectivity index (χ0n) is 16.5. The molecule has 2 aliphatic rings. The number of ketones is 1. The van der Waals surface area contributed by atoms with E-state index < -0.39 is 5.82 Å². The summed E-state index contributed by atoms with van der Waals surface area (Å²) in [6.07, 6.45) is 4.07. The zero-order valence-corrected chi connectivity index (χ0v) is 17.3. The number of halogens is 2. The van der Waals surface area contributed by atoms with Crippen LogP contribution in [0.15, 0.2) is 35.5 Å². The quantitative estimate of drug-likeness (QED) is 0.713. The molecule has 0 saturated carbocycles. The normalized spacial score (nSPS) is 18.7. The van der Waals surface area contributed by atoms with Gasteiger partial charge in [-0.2, -0.15) is 0 Å². The molecule has 0 aliphatic carbocycles. The monoisotopic (exact) mass is 431 g/mol. The number of aliphatic imine (C=N–C) groups is 1. The van der Waals surface area contributed by atoms with Gasteiger partial charge in [-0.25, -0.2) is 4.39 Å². The van der Waals surface area contributed by atoms with Crippen LogP contribution in [-0.2, 0) is 11.3 Å². The van der Waals surface area contributed by atoms with E-state index in [1.54, 1.807) is 12.3 Å². The van der Waals surface area contributed by atoms with Crippen LogP contribution in [0.25, 0.3) is 0 Å². The van der Waals surface area contributed by atoms with Gasteiger partial charge in [0.25, 0.3) is 0 Å². The van der Waals surface area contributed by atoms with Crippen molar-refractivity contribution in [2.75, 3.05) is 26.4 Å². The van der Waals surface area contributed by atoms with Crippen molar-refractivity contribution in [3.63, 3.8) is 0 Å². The van der Waals surface area contributed by atoms with Gasteiger partial charge >= 0.3 is 0 Å². The summed E-state index contributed by atoms with van der Waals surface area (Å²) in [6.45, 7) is 3.10. The highest BCUT2D eigenvalue weighted by atomic mass is 35.5. The van der Waals surface area contributed by atoms with Crippen LogP contribution in [0, 0.1) is 11.7 Å². The summed E-state index contributed by atoms with van der Waals surface area (Å²) in [5.41, 5.74) is 2.51. The molecule has 1 aromatic carbocycles. The molecular weight excluding hydrogens is 409 g/mol. The highest BCUT2D eigenvalue weighted by molar-refractivity contribution is 6.30. The Labute approximate surface area is 179 Å². The molecule has 0 radical (unpaired) electrons. The number of benzene rings is 1. The van der Waals surface area contributed by atoms with Gasteiger partial charge < -0.3 is 14.8 Å². The number of pyridine rings is 1. The van der Waals surface area contributed by atoms with Crippen LogP contribution >= 0.6 is 11.6 Å². The van der Waals surface area contributed by atoms with Gasteiger partial charge in [-0.15, -0.1) is 0 Å². The van der Waals surface area contributed by atoms with E-state index in [9.17, 15) is 9.18 Å². The number of ether oxygens (including phenoxy) is 2. The van der Waals surface area contributed by atoms with Crippen molar-refractivity contribution in [3.8, 4) is 5.75 Å². The van der Waals surface area contributed by atoms with Crippen molar-refractivity contribution in [1.29, 1.82) is 0 Å². The molecule has 3 heterocycles. The van der Waals surface area contributed by atoms with Gasteiger partial charge in [0, 0.05) is 37.5 Å². The summed E-state index contributed by atoms with van der Waals surface area (Å²) in [5.74, 6) is 0.395. The Balaban J connectivity index is 1.43. The smallest absolute Gasteiger partial charge is 0.170 e. The highest BCUT2D eigenvalue weighted by Gasteiger charge is 2.23. The first-order chi connectivity index (χ1) is 14.6. The van der Waals surface area contributed by atoms with Crippen molar-refractivity contribution in [2.24, 2.45) is 10.9 Å². The SMILES string of the molecule is O=C1CC(COc2ccc(F)c(Cl)c2)=Nc2c1ccnc2CNCC1CCCOC1. The Bertz CT molecular complexity index is 961. The van der Waals surface area contributed by atoms with Crippen molar-refractivity contribution in [1.82, 2.24) is 10.3 Å². The lowest BCUT2D eigenvalue weighted by Crippen LogP contribution is -2.29. The number of nitrogens with zero attached hydrogens (tertiary/aromatic N) is 2. The first-order valence-electron chi connectivity index (χ1n) is 10.0. The second-order valence-corrected chi connectivity index (χ2v) is 7.92. The number of aromatic nitrogens is 1. The minimum atomic E-state index is -0.508. The third-order valence-electron chi connectivity index (χ3n) is 5.21. The number of hydrogen-bond donors (Lipinski definition) is 1. The molecule has 1 saturated heterocycles. The fraction of sp³-hybridized carbons (Fsp3) is 0.409. The van der Waals surface area contributed by atoms with E-state index in [0.717, 1.165) is 38.3 Å². The number of carbonyl (C=O) groups is 1. The minimum Gasteiger partial charge on any atom is -0.488 e. The highest BCUT2D eigenvalue weighted by Crippen LogP contribution is 2.29. The van der Waals surface area contributed by atoms with E-state index in [1.807, 2.05) is 0 Å². The summed E-state index contributed by atoms with van der Waals surface area (Å²) < 4.78 is 24.5. The number of nitrogens with one attached hydrogen (secondary N) is 1. The second kappa shape index (κ2) is 9.64. The van der Waals surface area contributed by atoms with Gasteiger partial charge in [-0.3, -0.25) is 14.8 Å². The average Bonchev–Trinajstić information content (AvgIpc) is 2.76. The third kappa shape index (κ3) is 5.03. The van der Waals surface area contributed by atoms with Crippen molar-refractivity contribution in [3.05, 3.63) is 52.6 Å². The average molecular weight is 432 g/mol. The molecule has 4 rings (SSSR count). The van der Waals surface area contributed by atoms with E-state index in [-0.39, 0.29) is 23.8 Å². The Morgan fingerprint density at radius 2 is 2.23 bits per heavy atom. The van der Waals surface area contributed by atoms with E-state index in [0.29, 0.717) is 35.2 Å². The maximum Gasteiger partial charge on any atom is 0.170 e. The molecule has 8 heteroatoms. The molecule has 6 nitrogen and oxygen atoms in total. The van der Waals surface area contributed by atoms with E-state index in [2.05, 4.69) is 15.3 Å². The van der Waals surface area contributed by atoms with Gasteiger partial charge in [0.15, 0.2) is 5.78 Å². The summed E-state index contributed by atoms with van der Waals surface area (Å²) in [4.78, 5) is 21.7. The third-order valence-corrected chi connectivity index (χ3v) is 5.50. The minimum absolute atomic E-state index is 0.0135. The van der Waals surface area contributed by atoms with Gasteiger partial charge in [-0.05, 0) is 37.0 Å². The maximum absolute atomic E-state index is 13.3.